The van der Waals surface area contributed by atoms with Crippen LogP contribution in [-0.2, 0) is 4.79 Å². The average Bonchev–Trinajstić information content (AvgIpc) is 3.16. The zero-order valence-electron chi connectivity index (χ0n) is 16.8. The number of fused-ring (bicyclic) bond motifs is 1. The first kappa shape index (κ1) is 21.5. The number of carbonyl (C=O) groups is 1. The fourth-order valence-electron chi connectivity index (χ4n) is 2.75. The lowest BCUT2D eigenvalue weighted by Gasteiger charge is -2.16. The van der Waals surface area contributed by atoms with Gasteiger partial charge in [-0.15, -0.1) is 0 Å². The Morgan fingerprint density at radius 3 is 2.73 bits per heavy atom. The van der Waals surface area contributed by atoms with Crippen molar-refractivity contribution in [3.63, 3.8) is 0 Å². The van der Waals surface area contributed by atoms with Crippen LogP contribution >= 0.6 is 15.9 Å². The number of amides is 1. The van der Waals surface area contributed by atoms with Crippen molar-refractivity contribution in [2.75, 3.05) is 18.7 Å². The monoisotopic (exact) mass is 472 g/mol. The number of anilines is 1. The van der Waals surface area contributed by atoms with E-state index in [1.807, 2.05) is 26.8 Å². The molecule has 0 aromatic heterocycles. The minimum absolute atomic E-state index is 0.0281. The van der Waals surface area contributed by atoms with E-state index in [0.29, 0.717) is 45.3 Å². The molecular weight excluding hydrogens is 452 g/mol. The maximum absolute atomic E-state index is 12.6. The normalized spacial score (nSPS) is 12.5. The van der Waals surface area contributed by atoms with Gasteiger partial charge in [-0.3, -0.25) is 4.79 Å². The molecule has 1 heterocycles. The molecule has 0 saturated carbocycles. The summed E-state index contributed by atoms with van der Waals surface area (Å²) in [4.78, 5) is 12.6. The Hall–Kier alpha value is -3.18. The molecule has 3 rings (SSSR count). The minimum atomic E-state index is -0.538. The van der Waals surface area contributed by atoms with E-state index in [-0.39, 0.29) is 18.5 Å². The molecule has 0 radical (unpaired) electrons. The smallest absolute Gasteiger partial charge is 0.266 e. The Kier molecular flexibility index (Phi) is 6.85. The molecule has 0 aliphatic carbocycles. The largest absolute Gasteiger partial charge is 0.490 e. The average molecular weight is 473 g/mol. The van der Waals surface area contributed by atoms with Crippen molar-refractivity contribution in [3.8, 4) is 29.1 Å². The lowest BCUT2D eigenvalue weighted by Crippen LogP contribution is -2.13. The molecule has 0 saturated heterocycles. The molecule has 30 heavy (non-hydrogen) atoms. The highest BCUT2D eigenvalue weighted by molar-refractivity contribution is 9.10. The van der Waals surface area contributed by atoms with Crippen LogP contribution in [0.15, 0.2) is 40.4 Å². The Morgan fingerprint density at radius 1 is 1.27 bits per heavy atom. The first-order valence-electron chi connectivity index (χ1n) is 9.37. The van der Waals surface area contributed by atoms with Crippen LogP contribution < -0.4 is 24.3 Å². The molecule has 156 valence electrons. The molecule has 0 bridgehead atoms. The van der Waals surface area contributed by atoms with Gasteiger partial charge in [0, 0.05) is 16.2 Å². The Labute approximate surface area is 183 Å². The van der Waals surface area contributed by atoms with Crippen molar-refractivity contribution in [1.29, 1.82) is 5.26 Å². The Balaban J connectivity index is 1.86. The first-order chi connectivity index (χ1) is 14.4. The number of nitrogens with zero attached hydrogens (tertiary/aromatic N) is 1. The summed E-state index contributed by atoms with van der Waals surface area (Å²) in [6, 6.07) is 10.5. The van der Waals surface area contributed by atoms with Crippen LogP contribution in [0.25, 0.3) is 6.08 Å². The zero-order valence-corrected chi connectivity index (χ0v) is 18.4. The number of carbonyl (C=O) groups excluding carboxylic acids is 1. The van der Waals surface area contributed by atoms with Crippen LogP contribution in [0.4, 0.5) is 5.69 Å². The third kappa shape index (κ3) is 5.05. The van der Waals surface area contributed by atoms with E-state index in [1.54, 1.807) is 30.3 Å². The summed E-state index contributed by atoms with van der Waals surface area (Å²) in [5.74, 6) is 1.73. The lowest BCUT2D eigenvalue weighted by molar-refractivity contribution is -0.112. The van der Waals surface area contributed by atoms with E-state index < -0.39 is 5.91 Å². The van der Waals surface area contributed by atoms with Crippen molar-refractivity contribution < 1.29 is 23.7 Å². The van der Waals surface area contributed by atoms with Gasteiger partial charge in [0.2, 0.25) is 6.79 Å². The molecule has 0 atom stereocenters. The molecule has 2 aromatic carbocycles. The summed E-state index contributed by atoms with van der Waals surface area (Å²) in [5, 5.41) is 12.2. The highest BCUT2D eigenvalue weighted by Gasteiger charge is 2.17. The Morgan fingerprint density at radius 2 is 2.03 bits per heavy atom. The standard InChI is InChI=1S/C22H21BrN2O5/c1-4-27-19-8-14(17(23)10-21(19)30-13(2)3)7-15(11-24)22(26)25-16-5-6-18-20(9-16)29-12-28-18/h5-10,13H,4,12H2,1-3H3,(H,25,26). The maximum atomic E-state index is 12.6. The van der Waals surface area contributed by atoms with Gasteiger partial charge in [0.1, 0.15) is 11.6 Å². The van der Waals surface area contributed by atoms with E-state index in [9.17, 15) is 10.1 Å². The summed E-state index contributed by atoms with van der Waals surface area (Å²) < 4.78 is 22.7. The lowest BCUT2D eigenvalue weighted by atomic mass is 10.1. The fraction of sp³-hybridized carbons (Fsp3) is 0.273. The molecule has 7 nitrogen and oxygen atoms in total. The zero-order chi connectivity index (χ0) is 21.7. The number of benzene rings is 2. The molecule has 2 aromatic rings. The highest BCUT2D eigenvalue weighted by atomic mass is 79.9. The number of nitrogens with one attached hydrogen (secondary N) is 1. The van der Waals surface area contributed by atoms with Crippen LogP contribution in [0.2, 0.25) is 0 Å². The van der Waals surface area contributed by atoms with Gasteiger partial charge in [-0.05, 0) is 56.7 Å². The second kappa shape index (κ2) is 9.55. The van der Waals surface area contributed by atoms with Gasteiger partial charge in [-0.1, -0.05) is 15.9 Å². The van der Waals surface area contributed by atoms with Crippen molar-refractivity contribution in [2.45, 2.75) is 26.9 Å². The van der Waals surface area contributed by atoms with Crippen molar-refractivity contribution in [3.05, 3.63) is 45.9 Å². The van der Waals surface area contributed by atoms with Crippen molar-refractivity contribution >= 4 is 33.6 Å². The second-order valence-electron chi connectivity index (χ2n) is 6.61. The number of hydrogen-bond acceptors (Lipinski definition) is 6. The van der Waals surface area contributed by atoms with Gasteiger partial charge in [-0.2, -0.15) is 5.26 Å². The maximum Gasteiger partial charge on any atom is 0.266 e. The van der Waals surface area contributed by atoms with Gasteiger partial charge in [0.25, 0.3) is 5.91 Å². The predicted octanol–water partition coefficient (Wildman–Crippen LogP) is 4.91. The number of halogens is 1. The number of nitriles is 1. The molecule has 8 heteroatoms. The second-order valence-corrected chi connectivity index (χ2v) is 7.47. The quantitative estimate of drug-likeness (QED) is 0.454. The Bertz CT molecular complexity index is 1030. The summed E-state index contributed by atoms with van der Waals surface area (Å²) in [6.07, 6.45) is 1.47. The fourth-order valence-corrected chi connectivity index (χ4v) is 3.19. The number of ether oxygens (including phenoxy) is 4. The first-order valence-corrected chi connectivity index (χ1v) is 10.2. The van der Waals surface area contributed by atoms with Gasteiger partial charge < -0.3 is 24.3 Å². The predicted molar refractivity (Wildman–Crippen MR) is 116 cm³/mol. The van der Waals surface area contributed by atoms with E-state index in [1.165, 1.54) is 6.08 Å². The SMILES string of the molecule is CCOc1cc(C=C(C#N)C(=O)Nc2ccc3c(c2)OCO3)c(Br)cc1OC(C)C. The number of rotatable bonds is 7. The molecule has 0 fully saturated rings. The van der Waals surface area contributed by atoms with Gasteiger partial charge >= 0.3 is 0 Å². The topological polar surface area (TPSA) is 89.8 Å². The van der Waals surface area contributed by atoms with Gasteiger partial charge in [-0.25, -0.2) is 0 Å². The van der Waals surface area contributed by atoms with Crippen molar-refractivity contribution in [2.24, 2.45) is 0 Å². The highest BCUT2D eigenvalue weighted by Crippen LogP contribution is 2.36. The van der Waals surface area contributed by atoms with Crippen LogP contribution in [0.5, 0.6) is 23.0 Å². The van der Waals surface area contributed by atoms with E-state index in [2.05, 4.69) is 21.2 Å². The van der Waals surface area contributed by atoms with Crippen molar-refractivity contribution in [1.82, 2.24) is 0 Å². The summed E-state index contributed by atoms with van der Waals surface area (Å²) >= 11 is 3.48. The van der Waals surface area contributed by atoms with Gasteiger partial charge in [0.15, 0.2) is 23.0 Å². The number of hydrogen-bond donors (Lipinski definition) is 1. The molecule has 0 spiro atoms. The summed E-state index contributed by atoms with van der Waals surface area (Å²) in [7, 11) is 0. The molecule has 0 unspecified atom stereocenters. The summed E-state index contributed by atoms with van der Waals surface area (Å²) in [6.45, 7) is 6.31. The molecular formula is C22H21BrN2O5. The molecule has 1 aliphatic heterocycles. The van der Waals surface area contributed by atoms with E-state index in [4.69, 9.17) is 18.9 Å². The van der Waals surface area contributed by atoms with E-state index >= 15 is 0 Å². The molecule has 1 amide bonds. The van der Waals surface area contributed by atoms with Crippen LogP contribution in [-0.4, -0.2) is 25.4 Å². The third-order valence-corrected chi connectivity index (χ3v) is 4.71. The molecule has 1 aliphatic rings. The minimum Gasteiger partial charge on any atom is -0.490 e. The van der Waals surface area contributed by atoms with Crippen LogP contribution in [0.1, 0.15) is 26.3 Å². The van der Waals surface area contributed by atoms with Crippen LogP contribution in [0, 0.1) is 11.3 Å². The molecule has 1 N–H and O–H groups in total. The third-order valence-electron chi connectivity index (χ3n) is 4.02. The van der Waals surface area contributed by atoms with E-state index in [0.717, 1.165) is 0 Å². The van der Waals surface area contributed by atoms with Crippen LogP contribution in [0.3, 0.4) is 0 Å². The van der Waals surface area contributed by atoms with Gasteiger partial charge in [0.05, 0.1) is 12.7 Å². The summed E-state index contributed by atoms with van der Waals surface area (Å²) in [5.41, 5.74) is 1.06.